The van der Waals surface area contributed by atoms with Gasteiger partial charge in [0.2, 0.25) is 0 Å². The van der Waals surface area contributed by atoms with Crippen LogP contribution < -0.4 is 4.74 Å². The Labute approximate surface area is 119 Å². The zero-order valence-corrected chi connectivity index (χ0v) is 12.7. The molecule has 0 aromatic heterocycles. The molecule has 0 spiro atoms. The average Bonchev–Trinajstić information content (AvgIpc) is 2.30. The molecule has 4 heteroatoms. The molecule has 0 amide bonds. The number of hydrogen-bond donors (Lipinski definition) is 0. The smallest absolute Gasteiger partial charge is 0.347 e. The fraction of sp³-hybridized carbons (Fsp3) is 0.533. The molecule has 3 nitrogen and oxygen atoms in total. The van der Waals surface area contributed by atoms with Crippen LogP contribution >= 0.6 is 11.6 Å². The molecule has 0 heterocycles. The van der Waals surface area contributed by atoms with Crippen LogP contribution in [0.25, 0.3) is 0 Å². The molecule has 0 aliphatic carbocycles. The van der Waals surface area contributed by atoms with Crippen LogP contribution in [0.4, 0.5) is 0 Å². The summed E-state index contributed by atoms with van der Waals surface area (Å²) in [4.78, 5) is 11.7. The lowest BCUT2D eigenvalue weighted by Gasteiger charge is -2.19. The van der Waals surface area contributed by atoms with Gasteiger partial charge in [0.15, 0.2) is 6.10 Å². The molecule has 0 aliphatic rings. The maximum absolute atomic E-state index is 11.7. The van der Waals surface area contributed by atoms with Crippen molar-refractivity contribution in [3.8, 4) is 5.75 Å². The van der Waals surface area contributed by atoms with Gasteiger partial charge < -0.3 is 9.47 Å². The highest BCUT2D eigenvalue weighted by atomic mass is 35.5. The van der Waals surface area contributed by atoms with E-state index in [2.05, 4.69) is 20.8 Å². The standard InChI is InChI=1S/C15H21ClO3/c1-11(14(17)18-10-9-15(2,3)4)19-13-7-5-12(16)6-8-13/h5-8,11H,9-10H2,1-4H3/t11-/m1/s1. The van der Waals surface area contributed by atoms with Gasteiger partial charge >= 0.3 is 5.97 Å². The molecule has 19 heavy (non-hydrogen) atoms. The van der Waals surface area contributed by atoms with Gasteiger partial charge in [-0.1, -0.05) is 32.4 Å². The summed E-state index contributed by atoms with van der Waals surface area (Å²) in [7, 11) is 0. The molecule has 1 aromatic rings. The normalized spacial score (nSPS) is 12.9. The summed E-state index contributed by atoms with van der Waals surface area (Å²) >= 11 is 5.77. The predicted octanol–water partition coefficient (Wildman–Crippen LogP) is 4.09. The van der Waals surface area contributed by atoms with Crippen LogP contribution in [0.3, 0.4) is 0 Å². The molecule has 1 rings (SSSR count). The van der Waals surface area contributed by atoms with Gasteiger partial charge in [-0.25, -0.2) is 4.79 Å². The Morgan fingerprint density at radius 2 is 1.84 bits per heavy atom. The molecule has 1 atom stereocenters. The van der Waals surface area contributed by atoms with E-state index in [0.717, 1.165) is 6.42 Å². The number of carbonyl (C=O) groups is 1. The van der Waals surface area contributed by atoms with E-state index in [1.54, 1.807) is 31.2 Å². The highest BCUT2D eigenvalue weighted by Gasteiger charge is 2.18. The number of hydrogen-bond acceptors (Lipinski definition) is 3. The third kappa shape index (κ3) is 6.48. The van der Waals surface area contributed by atoms with E-state index < -0.39 is 6.10 Å². The van der Waals surface area contributed by atoms with Gasteiger partial charge in [0, 0.05) is 5.02 Å². The molecule has 0 unspecified atom stereocenters. The first-order valence-electron chi connectivity index (χ1n) is 6.37. The lowest BCUT2D eigenvalue weighted by Crippen LogP contribution is -2.27. The molecular weight excluding hydrogens is 264 g/mol. The average molecular weight is 285 g/mol. The van der Waals surface area contributed by atoms with Crippen LogP contribution in [0.5, 0.6) is 5.75 Å². The van der Waals surface area contributed by atoms with E-state index >= 15 is 0 Å². The first-order valence-corrected chi connectivity index (χ1v) is 6.74. The van der Waals surface area contributed by atoms with Crippen molar-refractivity contribution in [1.29, 1.82) is 0 Å². The molecule has 0 aliphatic heterocycles. The zero-order valence-electron chi connectivity index (χ0n) is 11.9. The molecule has 1 aromatic carbocycles. The first kappa shape index (κ1) is 15.8. The molecular formula is C15H21ClO3. The van der Waals surface area contributed by atoms with Gasteiger partial charge in [-0.05, 0) is 43.0 Å². The van der Waals surface area contributed by atoms with Gasteiger partial charge in [-0.15, -0.1) is 0 Å². The van der Waals surface area contributed by atoms with Crippen LogP contribution in [0.15, 0.2) is 24.3 Å². The van der Waals surface area contributed by atoms with Gasteiger partial charge in [-0.3, -0.25) is 0 Å². The maximum Gasteiger partial charge on any atom is 0.347 e. The van der Waals surface area contributed by atoms with Gasteiger partial charge in [0.05, 0.1) is 6.61 Å². The highest BCUT2D eigenvalue weighted by molar-refractivity contribution is 6.30. The Morgan fingerprint density at radius 1 is 1.26 bits per heavy atom. The number of rotatable bonds is 5. The molecule has 0 radical (unpaired) electrons. The van der Waals surface area contributed by atoms with E-state index in [-0.39, 0.29) is 11.4 Å². The molecule has 0 N–H and O–H groups in total. The van der Waals surface area contributed by atoms with Crippen molar-refractivity contribution in [3.63, 3.8) is 0 Å². The summed E-state index contributed by atoms with van der Waals surface area (Å²) in [6.07, 6.45) is 0.202. The Balaban J connectivity index is 2.38. The number of halogens is 1. The van der Waals surface area contributed by atoms with Crippen LogP contribution in [-0.4, -0.2) is 18.7 Å². The fourth-order valence-corrected chi connectivity index (χ4v) is 1.47. The fourth-order valence-electron chi connectivity index (χ4n) is 1.34. The van der Waals surface area contributed by atoms with E-state index in [1.165, 1.54) is 0 Å². The van der Waals surface area contributed by atoms with E-state index in [4.69, 9.17) is 21.1 Å². The second-order valence-corrected chi connectivity index (χ2v) is 6.13. The van der Waals surface area contributed by atoms with E-state index in [9.17, 15) is 4.79 Å². The summed E-state index contributed by atoms with van der Waals surface area (Å²) in [5.74, 6) is 0.254. The van der Waals surface area contributed by atoms with Gasteiger partial charge in [0.25, 0.3) is 0 Å². The van der Waals surface area contributed by atoms with Crippen molar-refractivity contribution >= 4 is 17.6 Å². The van der Waals surface area contributed by atoms with Gasteiger partial charge in [0.1, 0.15) is 5.75 Å². The molecule has 0 bridgehead atoms. The molecule has 106 valence electrons. The van der Waals surface area contributed by atoms with E-state index in [0.29, 0.717) is 17.4 Å². The van der Waals surface area contributed by atoms with Crippen molar-refractivity contribution in [2.45, 2.75) is 40.2 Å². The number of esters is 1. The molecule has 0 saturated heterocycles. The van der Waals surface area contributed by atoms with Crippen LogP contribution in [0, 0.1) is 5.41 Å². The van der Waals surface area contributed by atoms with Crippen molar-refractivity contribution < 1.29 is 14.3 Å². The Bertz CT molecular complexity index is 406. The van der Waals surface area contributed by atoms with Crippen molar-refractivity contribution in [2.75, 3.05) is 6.61 Å². The number of carbonyl (C=O) groups excluding carboxylic acids is 1. The maximum atomic E-state index is 11.7. The van der Waals surface area contributed by atoms with Crippen molar-refractivity contribution in [2.24, 2.45) is 5.41 Å². The van der Waals surface area contributed by atoms with Gasteiger partial charge in [-0.2, -0.15) is 0 Å². The highest BCUT2D eigenvalue weighted by Crippen LogP contribution is 2.19. The summed E-state index contributed by atoms with van der Waals surface area (Å²) in [6.45, 7) is 8.40. The number of benzene rings is 1. The summed E-state index contributed by atoms with van der Waals surface area (Å²) in [5.41, 5.74) is 0.153. The summed E-state index contributed by atoms with van der Waals surface area (Å²) in [5, 5.41) is 0.632. The van der Waals surface area contributed by atoms with Crippen LogP contribution in [0.1, 0.15) is 34.1 Å². The summed E-state index contributed by atoms with van der Waals surface area (Å²) in [6, 6.07) is 6.88. The first-order chi connectivity index (χ1) is 8.78. The largest absolute Gasteiger partial charge is 0.479 e. The topological polar surface area (TPSA) is 35.5 Å². The van der Waals surface area contributed by atoms with E-state index in [1.807, 2.05) is 0 Å². The quantitative estimate of drug-likeness (QED) is 0.764. The monoisotopic (exact) mass is 284 g/mol. The second kappa shape index (κ2) is 6.80. The third-order valence-electron chi connectivity index (χ3n) is 2.55. The lowest BCUT2D eigenvalue weighted by molar-refractivity contribution is -0.151. The predicted molar refractivity (Wildman–Crippen MR) is 76.6 cm³/mol. The molecule has 0 saturated carbocycles. The summed E-state index contributed by atoms with van der Waals surface area (Å²) < 4.78 is 10.7. The third-order valence-corrected chi connectivity index (χ3v) is 2.81. The van der Waals surface area contributed by atoms with Crippen LogP contribution in [-0.2, 0) is 9.53 Å². The second-order valence-electron chi connectivity index (χ2n) is 5.69. The zero-order chi connectivity index (χ0) is 14.5. The lowest BCUT2D eigenvalue weighted by atomic mass is 9.93. The molecule has 0 fully saturated rings. The minimum Gasteiger partial charge on any atom is -0.479 e. The number of ether oxygens (including phenoxy) is 2. The Morgan fingerprint density at radius 3 is 2.37 bits per heavy atom. The van der Waals surface area contributed by atoms with Crippen molar-refractivity contribution in [1.82, 2.24) is 0 Å². The van der Waals surface area contributed by atoms with Crippen LogP contribution in [0.2, 0.25) is 5.02 Å². The minimum atomic E-state index is -0.624. The SMILES string of the molecule is C[C@@H](Oc1ccc(Cl)cc1)C(=O)OCCC(C)(C)C. The Hall–Kier alpha value is -1.22. The Kier molecular flexibility index (Phi) is 5.67. The minimum absolute atomic E-state index is 0.153. The van der Waals surface area contributed by atoms with Crippen molar-refractivity contribution in [3.05, 3.63) is 29.3 Å².